The summed E-state index contributed by atoms with van der Waals surface area (Å²) in [6.07, 6.45) is 5.01. The fraction of sp³-hybridized carbons (Fsp3) is 0.692. The molecule has 1 aromatic heterocycles. The van der Waals surface area contributed by atoms with Crippen LogP contribution in [0.4, 0.5) is 5.82 Å². The van der Waals surface area contributed by atoms with Crippen LogP contribution in [-0.4, -0.2) is 29.6 Å². The van der Waals surface area contributed by atoms with Crippen LogP contribution in [0.1, 0.15) is 36.3 Å². The van der Waals surface area contributed by atoms with Crippen molar-refractivity contribution in [1.82, 2.24) is 15.3 Å². The van der Waals surface area contributed by atoms with Crippen LogP contribution in [0.3, 0.4) is 0 Å². The summed E-state index contributed by atoms with van der Waals surface area (Å²) in [7, 11) is 2.18. The molecule has 0 spiro atoms. The van der Waals surface area contributed by atoms with Gasteiger partial charge in [-0.25, -0.2) is 9.97 Å². The van der Waals surface area contributed by atoms with Gasteiger partial charge in [0.1, 0.15) is 11.6 Å². The molecule has 1 saturated carbocycles. The largest absolute Gasteiger partial charge is 0.356 e. The molecule has 1 aliphatic heterocycles. The SMILES string of the molecule is Cc1nc2c(c(N(C)C3CCC3)n1)CNCC2. The number of fused-ring (bicyclic) bond motifs is 1. The fourth-order valence-corrected chi connectivity index (χ4v) is 2.68. The summed E-state index contributed by atoms with van der Waals surface area (Å²) in [5, 5.41) is 3.42. The molecule has 0 unspecified atom stereocenters. The minimum Gasteiger partial charge on any atom is -0.356 e. The van der Waals surface area contributed by atoms with Crippen LogP contribution in [0.5, 0.6) is 0 Å². The first-order chi connectivity index (χ1) is 8.25. The lowest BCUT2D eigenvalue weighted by molar-refractivity contribution is 0.397. The summed E-state index contributed by atoms with van der Waals surface area (Å²) in [5.74, 6) is 2.07. The third-order valence-corrected chi connectivity index (χ3v) is 3.98. The normalized spacial score (nSPS) is 19.6. The van der Waals surface area contributed by atoms with E-state index >= 15 is 0 Å². The number of nitrogens with one attached hydrogen (secondary N) is 1. The maximum atomic E-state index is 4.66. The van der Waals surface area contributed by atoms with Crippen molar-refractivity contribution in [1.29, 1.82) is 0 Å². The predicted octanol–water partition coefficient (Wildman–Crippen LogP) is 1.42. The average Bonchev–Trinajstić information content (AvgIpc) is 2.25. The smallest absolute Gasteiger partial charge is 0.137 e. The topological polar surface area (TPSA) is 41.1 Å². The number of aromatic nitrogens is 2. The maximum Gasteiger partial charge on any atom is 0.137 e. The molecular formula is C13H20N4. The molecule has 17 heavy (non-hydrogen) atoms. The van der Waals surface area contributed by atoms with Crippen molar-refractivity contribution < 1.29 is 0 Å². The second-order valence-electron chi connectivity index (χ2n) is 5.14. The van der Waals surface area contributed by atoms with Crippen LogP contribution >= 0.6 is 0 Å². The molecule has 4 nitrogen and oxygen atoms in total. The highest BCUT2D eigenvalue weighted by molar-refractivity contribution is 5.50. The lowest BCUT2D eigenvalue weighted by Crippen LogP contribution is -2.39. The van der Waals surface area contributed by atoms with Crippen LogP contribution in [0.15, 0.2) is 0 Å². The zero-order valence-electron chi connectivity index (χ0n) is 10.7. The van der Waals surface area contributed by atoms with E-state index in [9.17, 15) is 0 Å². The van der Waals surface area contributed by atoms with E-state index in [4.69, 9.17) is 0 Å². The number of nitrogens with zero attached hydrogens (tertiary/aromatic N) is 3. The molecule has 2 aliphatic rings. The number of anilines is 1. The highest BCUT2D eigenvalue weighted by Gasteiger charge is 2.26. The van der Waals surface area contributed by atoms with Crippen LogP contribution < -0.4 is 10.2 Å². The molecule has 3 rings (SSSR count). The van der Waals surface area contributed by atoms with Crippen LogP contribution in [0.25, 0.3) is 0 Å². The Balaban J connectivity index is 1.98. The van der Waals surface area contributed by atoms with E-state index in [0.29, 0.717) is 6.04 Å². The maximum absolute atomic E-state index is 4.66. The minimum absolute atomic E-state index is 0.690. The van der Waals surface area contributed by atoms with E-state index in [1.807, 2.05) is 6.92 Å². The Morgan fingerprint density at radius 2 is 2.12 bits per heavy atom. The van der Waals surface area contributed by atoms with E-state index in [-0.39, 0.29) is 0 Å². The van der Waals surface area contributed by atoms with Crippen molar-refractivity contribution >= 4 is 5.82 Å². The van der Waals surface area contributed by atoms with Gasteiger partial charge in [-0.15, -0.1) is 0 Å². The van der Waals surface area contributed by atoms with Crippen molar-refractivity contribution in [3.05, 3.63) is 17.1 Å². The summed E-state index contributed by atoms with van der Waals surface area (Å²) in [6, 6.07) is 0.690. The summed E-state index contributed by atoms with van der Waals surface area (Å²) >= 11 is 0. The Morgan fingerprint density at radius 1 is 1.29 bits per heavy atom. The van der Waals surface area contributed by atoms with E-state index in [1.165, 1.54) is 30.5 Å². The Morgan fingerprint density at radius 3 is 2.82 bits per heavy atom. The zero-order valence-corrected chi connectivity index (χ0v) is 10.7. The summed E-state index contributed by atoms with van der Waals surface area (Å²) in [5.41, 5.74) is 2.56. The van der Waals surface area contributed by atoms with E-state index in [2.05, 4.69) is 27.2 Å². The van der Waals surface area contributed by atoms with Crippen LogP contribution in [-0.2, 0) is 13.0 Å². The van der Waals surface area contributed by atoms with Gasteiger partial charge in [-0.1, -0.05) is 0 Å². The summed E-state index contributed by atoms with van der Waals surface area (Å²) in [4.78, 5) is 11.6. The van der Waals surface area contributed by atoms with Crippen molar-refractivity contribution in [2.24, 2.45) is 0 Å². The van der Waals surface area contributed by atoms with E-state index < -0.39 is 0 Å². The molecule has 0 radical (unpaired) electrons. The average molecular weight is 232 g/mol. The van der Waals surface area contributed by atoms with Crippen molar-refractivity contribution in [2.75, 3.05) is 18.5 Å². The number of hydrogen-bond donors (Lipinski definition) is 1. The molecule has 0 aromatic carbocycles. The van der Waals surface area contributed by atoms with Gasteiger partial charge in [-0.2, -0.15) is 0 Å². The monoisotopic (exact) mass is 232 g/mol. The molecule has 0 amide bonds. The Hall–Kier alpha value is -1.16. The molecule has 1 fully saturated rings. The van der Waals surface area contributed by atoms with Gasteiger partial charge in [0.25, 0.3) is 0 Å². The van der Waals surface area contributed by atoms with Gasteiger partial charge in [-0.3, -0.25) is 0 Å². The van der Waals surface area contributed by atoms with Crippen molar-refractivity contribution in [3.8, 4) is 0 Å². The Labute approximate surface area is 102 Å². The van der Waals surface area contributed by atoms with Gasteiger partial charge in [-0.05, 0) is 26.2 Å². The molecule has 92 valence electrons. The minimum atomic E-state index is 0.690. The lowest BCUT2D eigenvalue weighted by Gasteiger charge is -2.37. The van der Waals surface area contributed by atoms with Crippen LogP contribution in [0, 0.1) is 6.92 Å². The van der Waals surface area contributed by atoms with Gasteiger partial charge >= 0.3 is 0 Å². The Kier molecular flexibility index (Phi) is 2.74. The lowest BCUT2D eigenvalue weighted by atomic mass is 9.91. The molecule has 1 aliphatic carbocycles. The number of hydrogen-bond acceptors (Lipinski definition) is 4. The summed E-state index contributed by atoms with van der Waals surface area (Å²) in [6.45, 7) is 3.96. The van der Waals surface area contributed by atoms with E-state index in [0.717, 1.165) is 31.2 Å². The number of rotatable bonds is 2. The predicted molar refractivity (Wildman–Crippen MR) is 68.2 cm³/mol. The zero-order chi connectivity index (χ0) is 11.8. The highest BCUT2D eigenvalue weighted by atomic mass is 15.2. The molecule has 1 aromatic rings. The summed E-state index contributed by atoms with van der Waals surface area (Å²) < 4.78 is 0. The third-order valence-electron chi connectivity index (χ3n) is 3.98. The van der Waals surface area contributed by atoms with Gasteiger partial charge in [0, 0.05) is 38.2 Å². The molecule has 0 bridgehead atoms. The first kappa shape index (κ1) is 11.0. The first-order valence-electron chi connectivity index (χ1n) is 6.55. The molecular weight excluding hydrogens is 212 g/mol. The second-order valence-corrected chi connectivity index (χ2v) is 5.14. The molecule has 4 heteroatoms. The highest BCUT2D eigenvalue weighted by Crippen LogP contribution is 2.30. The third kappa shape index (κ3) is 1.90. The Bertz CT molecular complexity index is 426. The molecule has 1 N–H and O–H groups in total. The van der Waals surface area contributed by atoms with Gasteiger partial charge in [0.05, 0.1) is 5.69 Å². The fourth-order valence-electron chi connectivity index (χ4n) is 2.68. The molecule has 0 saturated heterocycles. The van der Waals surface area contributed by atoms with E-state index in [1.54, 1.807) is 0 Å². The standard InChI is InChI=1S/C13H20N4/c1-9-15-12-6-7-14-8-11(12)13(16-9)17(2)10-4-3-5-10/h10,14H,3-8H2,1-2H3. The van der Waals surface area contributed by atoms with Crippen molar-refractivity contribution in [2.45, 2.75) is 45.2 Å². The quantitative estimate of drug-likeness (QED) is 0.837. The van der Waals surface area contributed by atoms with Gasteiger partial charge < -0.3 is 10.2 Å². The van der Waals surface area contributed by atoms with Crippen molar-refractivity contribution in [3.63, 3.8) is 0 Å². The molecule has 2 heterocycles. The molecule has 0 atom stereocenters. The first-order valence-corrected chi connectivity index (χ1v) is 6.55. The van der Waals surface area contributed by atoms with Crippen LogP contribution in [0.2, 0.25) is 0 Å². The second kappa shape index (κ2) is 4.26. The van der Waals surface area contributed by atoms with Gasteiger partial charge in [0.15, 0.2) is 0 Å². The van der Waals surface area contributed by atoms with Gasteiger partial charge in [0.2, 0.25) is 0 Å². The number of aryl methyl sites for hydroxylation is 1.